The molecule has 0 aliphatic heterocycles. The summed E-state index contributed by atoms with van der Waals surface area (Å²) in [5.41, 5.74) is 0. The van der Waals surface area contributed by atoms with Gasteiger partial charge in [-0.15, -0.1) is 0 Å². The van der Waals surface area contributed by atoms with Gasteiger partial charge < -0.3 is 0 Å². The van der Waals surface area contributed by atoms with Crippen LogP contribution in [0.2, 0.25) is 0 Å². The van der Waals surface area contributed by atoms with Crippen LogP contribution < -0.4 is 24.0 Å². The van der Waals surface area contributed by atoms with Crippen molar-refractivity contribution in [2.75, 3.05) is 0 Å². The molecule has 0 bridgehead atoms. The molecule has 0 aromatic carbocycles. The fourth-order valence-corrected chi connectivity index (χ4v) is 0.118. The molecule has 0 unspecified atom stereocenters. The van der Waals surface area contributed by atoms with E-state index in [2.05, 4.69) is 3.79 Å². The first-order chi connectivity index (χ1) is 2.77. The van der Waals surface area contributed by atoms with Crippen LogP contribution in [0, 0.1) is 0 Å². The second kappa shape index (κ2) is 6.20. The zero-order chi connectivity index (χ0) is 4.99. The van der Waals surface area contributed by atoms with Gasteiger partial charge >= 0.3 is 58.0 Å². The van der Waals surface area contributed by atoms with E-state index in [4.69, 9.17) is 9.90 Å². The summed E-state index contributed by atoms with van der Waals surface area (Å²) in [6.07, 6.45) is -1.74. The molecule has 0 saturated carbocycles. The third-order valence-corrected chi connectivity index (χ3v) is 0.433. The van der Waals surface area contributed by atoms with E-state index >= 15 is 0 Å². The van der Waals surface area contributed by atoms with E-state index in [1.807, 2.05) is 0 Å². The second-order valence-electron chi connectivity index (χ2n) is 0.464. The molecule has 6 heteroatoms. The molecule has 0 N–H and O–H groups in total. The van der Waals surface area contributed by atoms with Crippen molar-refractivity contribution >= 4 is 21.6 Å². The maximum atomic E-state index is 9.18. The van der Waals surface area contributed by atoms with Gasteiger partial charge in [0.2, 0.25) is 0 Å². The molecule has 0 atom stereocenters. The third-order valence-electron chi connectivity index (χ3n) is 0.144. The van der Waals surface area contributed by atoms with Crippen LogP contribution in [0.25, 0.3) is 0 Å². The summed E-state index contributed by atoms with van der Waals surface area (Å²) in [5, 5.41) is 9.09. The van der Waals surface area contributed by atoms with E-state index in [9.17, 15) is 3.80 Å². The van der Waals surface area contributed by atoms with Crippen LogP contribution in [-0.2, 0) is 7.59 Å². The molecule has 0 rings (SSSR count). The van der Waals surface area contributed by atoms with Crippen LogP contribution >= 0.6 is 0 Å². The Labute approximate surface area is 58.3 Å². The predicted molar refractivity (Wildman–Crippen MR) is 12.9 cm³/mol. The van der Waals surface area contributed by atoms with E-state index in [1.54, 1.807) is 0 Å². The standard InChI is InChI=1S/CH2O3.Al.Li.O/c2-1(3)4;;;/h(H2,2,3,4);;;/q;2*+1;/p-2. The number of rotatable bonds is 1. The van der Waals surface area contributed by atoms with Gasteiger partial charge in [0, 0.05) is 0 Å². The molecule has 0 spiro atoms. The molecule has 0 fully saturated rings. The van der Waals surface area contributed by atoms with Gasteiger partial charge in [-0.2, -0.15) is 0 Å². The summed E-state index contributed by atoms with van der Waals surface area (Å²) in [6.45, 7) is 0. The maximum absolute atomic E-state index is 9.18. The Morgan fingerprint density at radius 1 is 1.71 bits per heavy atom. The van der Waals surface area contributed by atoms with Crippen molar-refractivity contribution in [2.24, 2.45) is 0 Å². The van der Waals surface area contributed by atoms with Crippen LogP contribution in [0.1, 0.15) is 0 Å². The van der Waals surface area contributed by atoms with Crippen LogP contribution in [0.5, 0.6) is 0 Å². The van der Waals surface area contributed by atoms with Crippen molar-refractivity contribution < 1.29 is 36.4 Å². The van der Waals surface area contributed by atoms with E-state index in [1.165, 1.54) is 0 Å². The molecule has 0 aromatic rings. The molecule has 4 nitrogen and oxygen atoms in total. The number of hydrogen-bond donors (Lipinski definition) is 0. The number of carbonyl (C=O) groups excluding carboxylic acids is 1. The van der Waals surface area contributed by atoms with Crippen LogP contribution in [0.3, 0.4) is 0 Å². The predicted octanol–water partition coefficient (Wildman–Crippen LogP) is -4.69. The summed E-state index contributed by atoms with van der Waals surface area (Å²) in [7, 11) is 0. The Hall–Kier alpha value is 0.200. The topological polar surface area (TPSA) is 66.4 Å². The zero-order valence-electron chi connectivity index (χ0n) is 3.71. The number of carboxylic acid groups (broad SMARTS) is 1. The van der Waals surface area contributed by atoms with E-state index in [0.29, 0.717) is 0 Å². The van der Waals surface area contributed by atoms with Gasteiger partial charge in [-0.3, -0.25) is 0 Å². The molecular formula is CAlLiO4. The van der Waals surface area contributed by atoms with Gasteiger partial charge in [0.1, 0.15) is 0 Å². The Bertz CT molecular complexity index is 72.1. The van der Waals surface area contributed by atoms with Crippen molar-refractivity contribution in [3.63, 3.8) is 0 Å². The average Bonchev–Trinajstić information content (AvgIpc) is 1.35. The molecule has 0 radical (unpaired) electrons. The Kier molecular flexibility index (Phi) is 9.07. The van der Waals surface area contributed by atoms with Gasteiger partial charge in [0.25, 0.3) is 0 Å². The first-order valence-corrected chi connectivity index (χ1v) is 2.03. The summed E-state index contributed by atoms with van der Waals surface area (Å²) in [4.78, 5) is 9.09. The number of hydrogen-bond acceptors (Lipinski definition) is 4. The van der Waals surface area contributed by atoms with Gasteiger partial charge in [-0.25, -0.2) is 0 Å². The molecule has 0 aliphatic rings. The number of carbonyl (C=O) groups is 1. The monoisotopic (exact) mass is 110 g/mol. The van der Waals surface area contributed by atoms with Crippen LogP contribution in [0.4, 0.5) is 4.79 Å². The van der Waals surface area contributed by atoms with Gasteiger partial charge in [-0.1, -0.05) is 0 Å². The third kappa shape index (κ3) is 10.7. The van der Waals surface area contributed by atoms with E-state index in [0.717, 1.165) is 0 Å². The molecule has 0 aliphatic carbocycles. The molecule has 0 aromatic heterocycles. The molecule has 32 valence electrons. The van der Waals surface area contributed by atoms with Crippen LogP contribution in [0.15, 0.2) is 0 Å². The Balaban J connectivity index is 0. The van der Waals surface area contributed by atoms with Crippen molar-refractivity contribution in [1.82, 2.24) is 0 Å². The molecule has 0 heterocycles. The van der Waals surface area contributed by atoms with Gasteiger partial charge in [0.15, 0.2) is 0 Å². The summed E-state index contributed by atoms with van der Waals surface area (Å²) < 4.78 is 12.6. The minimum absolute atomic E-state index is 0. The van der Waals surface area contributed by atoms with Crippen molar-refractivity contribution in [3.8, 4) is 0 Å². The van der Waals surface area contributed by atoms with Crippen LogP contribution in [-0.4, -0.2) is 21.6 Å². The fraction of sp³-hybridized carbons (Fsp3) is 0. The van der Waals surface area contributed by atoms with Gasteiger partial charge in [-0.05, 0) is 0 Å². The summed E-state index contributed by atoms with van der Waals surface area (Å²) >= 11 is -1.66. The van der Waals surface area contributed by atoms with Crippen molar-refractivity contribution in [1.29, 1.82) is 0 Å². The Morgan fingerprint density at radius 3 is 2.14 bits per heavy atom. The summed E-state index contributed by atoms with van der Waals surface area (Å²) in [6, 6.07) is 0. The first kappa shape index (κ1) is 10.2. The van der Waals surface area contributed by atoms with Gasteiger partial charge in [0.05, 0.1) is 0 Å². The average molecular weight is 110 g/mol. The normalized spacial score (nSPS) is 5.14. The Morgan fingerprint density at radius 2 is 2.14 bits per heavy atom. The second-order valence-corrected chi connectivity index (χ2v) is 0.892. The fourth-order valence-electron chi connectivity index (χ4n) is 0.0393. The van der Waals surface area contributed by atoms with Crippen molar-refractivity contribution in [2.45, 2.75) is 0 Å². The summed E-state index contributed by atoms with van der Waals surface area (Å²) in [5.74, 6) is 0. The van der Waals surface area contributed by atoms with E-state index < -0.39 is 21.6 Å². The first-order valence-electron chi connectivity index (χ1n) is 1.08. The molecule has 7 heavy (non-hydrogen) atoms. The van der Waals surface area contributed by atoms with E-state index in [-0.39, 0.29) is 18.9 Å². The quantitative estimate of drug-likeness (QED) is 0.318. The molecular weight excluding hydrogens is 110 g/mol. The molecule has 0 amide bonds. The van der Waals surface area contributed by atoms with Crippen molar-refractivity contribution in [3.05, 3.63) is 0 Å². The zero-order valence-corrected chi connectivity index (χ0v) is 4.87. The SMILES string of the molecule is [Li+].[O]=[Al][O]C(=O)[O-]. The molecule has 0 saturated heterocycles. The minimum atomic E-state index is -1.74.